The summed E-state index contributed by atoms with van der Waals surface area (Å²) in [4.78, 5) is 35.9. The Hall–Kier alpha value is -3.56. The highest BCUT2D eigenvalue weighted by atomic mass is 16.6. The Balaban J connectivity index is 1.93. The predicted molar refractivity (Wildman–Crippen MR) is 84.8 cm³/mol. The molecule has 1 heterocycles. The second-order valence-corrected chi connectivity index (χ2v) is 4.64. The number of nitrogens with zero attached hydrogens (tertiary/aromatic N) is 3. The maximum Gasteiger partial charge on any atom is 0.299 e. The third-order valence-electron chi connectivity index (χ3n) is 3.04. The van der Waals surface area contributed by atoms with Gasteiger partial charge in [-0.3, -0.25) is 30.0 Å². The van der Waals surface area contributed by atoms with Crippen LogP contribution in [0.25, 0.3) is 0 Å². The zero-order valence-corrected chi connectivity index (χ0v) is 12.3. The lowest BCUT2D eigenvalue weighted by Gasteiger charge is -2.08. The molecule has 24 heavy (non-hydrogen) atoms. The Morgan fingerprint density at radius 1 is 1.12 bits per heavy atom. The van der Waals surface area contributed by atoms with E-state index in [-0.39, 0.29) is 30.4 Å². The molecule has 2 rings (SSSR count). The van der Waals surface area contributed by atoms with Gasteiger partial charge >= 0.3 is 0 Å². The molecule has 0 radical (unpaired) electrons. The Morgan fingerprint density at radius 3 is 2.54 bits per heavy atom. The van der Waals surface area contributed by atoms with Gasteiger partial charge in [-0.25, -0.2) is 0 Å². The number of benzene rings is 1. The van der Waals surface area contributed by atoms with E-state index in [1.807, 2.05) is 0 Å². The zero-order valence-electron chi connectivity index (χ0n) is 12.3. The molecule has 0 saturated heterocycles. The maximum absolute atomic E-state index is 11.8. The van der Waals surface area contributed by atoms with Crippen LogP contribution in [0, 0.1) is 20.2 Å². The van der Waals surface area contributed by atoms with Gasteiger partial charge < -0.3 is 10.6 Å². The highest BCUT2D eigenvalue weighted by Crippen LogP contribution is 2.28. The van der Waals surface area contributed by atoms with Crippen LogP contribution in [0.4, 0.5) is 17.1 Å². The monoisotopic (exact) mass is 331 g/mol. The molecule has 0 fully saturated rings. The molecule has 2 N–H and O–H groups in total. The third kappa shape index (κ3) is 4.22. The number of pyridine rings is 1. The maximum atomic E-state index is 11.8. The lowest BCUT2D eigenvalue weighted by Crippen LogP contribution is -2.28. The van der Waals surface area contributed by atoms with Gasteiger partial charge in [-0.15, -0.1) is 0 Å². The molecular formula is C14H13N5O5. The van der Waals surface area contributed by atoms with Crippen LogP contribution < -0.4 is 10.6 Å². The van der Waals surface area contributed by atoms with Crippen molar-refractivity contribution >= 4 is 23.0 Å². The van der Waals surface area contributed by atoms with Crippen LogP contribution in [0.1, 0.15) is 10.4 Å². The van der Waals surface area contributed by atoms with Gasteiger partial charge in [0.1, 0.15) is 5.69 Å². The van der Waals surface area contributed by atoms with Crippen molar-refractivity contribution < 1.29 is 14.6 Å². The molecule has 0 atom stereocenters. The lowest BCUT2D eigenvalue weighted by molar-refractivity contribution is -0.393. The van der Waals surface area contributed by atoms with Gasteiger partial charge in [-0.2, -0.15) is 0 Å². The summed E-state index contributed by atoms with van der Waals surface area (Å²) in [7, 11) is 0. The van der Waals surface area contributed by atoms with Crippen molar-refractivity contribution in [2.24, 2.45) is 0 Å². The number of amides is 1. The van der Waals surface area contributed by atoms with Crippen LogP contribution in [0.15, 0.2) is 42.7 Å². The van der Waals surface area contributed by atoms with Crippen molar-refractivity contribution in [3.05, 3.63) is 68.5 Å². The van der Waals surface area contributed by atoms with Crippen molar-refractivity contribution in [1.29, 1.82) is 0 Å². The highest BCUT2D eigenvalue weighted by Gasteiger charge is 2.19. The number of carbonyl (C=O) groups excluding carboxylic acids is 1. The number of nitro benzene ring substituents is 2. The summed E-state index contributed by atoms with van der Waals surface area (Å²) in [5.41, 5.74) is -0.222. The third-order valence-corrected chi connectivity index (χ3v) is 3.04. The van der Waals surface area contributed by atoms with Gasteiger partial charge in [0.2, 0.25) is 0 Å². The van der Waals surface area contributed by atoms with E-state index in [2.05, 4.69) is 15.6 Å². The Labute approximate surface area is 135 Å². The summed E-state index contributed by atoms with van der Waals surface area (Å²) in [6.07, 6.45) is 2.97. The molecule has 1 aromatic carbocycles. The SMILES string of the molecule is O=C(NCCNc1ccc([N+](=O)[O-])cc1[N+](=O)[O-])c1cccnc1. The number of non-ortho nitro benzene ring substituents is 1. The van der Waals surface area contributed by atoms with Crippen LogP contribution in [0.2, 0.25) is 0 Å². The van der Waals surface area contributed by atoms with E-state index in [4.69, 9.17) is 0 Å². The fourth-order valence-electron chi connectivity index (χ4n) is 1.91. The van der Waals surface area contributed by atoms with E-state index in [0.717, 1.165) is 6.07 Å². The van der Waals surface area contributed by atoms with Crippen LogP contribution in [0.3, 0.4) is 0 Å². The number of aromatic nitrogens is 1. The molecule has 1 amide bonds. The van der Waals surface area contributed by atoms with E-state index in [9.17, 15) is 25.0 Å². The van der Waals surface area contributed by atoms with E-state index < -0.39 is 15.5 Å². The fraction of sp³-hybridized carbons (Fsp3) is 0.143. The summed E-state index contributed by atoms with van der Waals surface area (Å²) < 4.78 is 0. The Morgan fingerprint density at radius 2 is 1.92 bits per heavy atom. The minimum atomic E-state index is -0.705. The molecule has 0 spiro atoms. The first-order valence-electron chi connectivity index (χ1n) is 6.84. The summed E-state index contributed by atoms with van der Waals surface area (Å²) in [6, 6.07) is 6.56. The van der Waals surface area contributed by atoms with Crippen molar-refractivity contribution in [2.45, 2.75) is 0 Å². The predicted octanol–water partition coefficient (Wildman–Crippen LogP) is 1.74. The normalized spacial score (nSPS) is 10.0. The summed E-state index contributed by atoms with van der Waals surface area (Å²) in [5, 5.41) is 27.1. The van der Waals surface area contributed by atoms with Gasteiger partial charge in [-0.1, -0.05) is 0 Å². The molecule has 0 aliphatic heterocycles. The average Bonchev–Trinajstić information content (AvgIpc) is 2.59. The van der Waals surface area contributed by atoms with Crippen molar-refractivity contribution in [3.63, 3.8) is 0 Å². The van der Waals surface area contributed by atoms with E-state index in [1.165, 1.54) is 18.3 Å². The number of rotatable bonds is 7. The average molecular weight is 331 g/mol. The van der Waals surface area contributed by atoms with Gasteiger partial charge in [0.15, 0.2) is 0 Å². The molecule has 10 nitrogen and oxygen atoms in total. The largest absolute Gasteiger partial charge is 0.378 e. The van der Waals surface area contributed by atoms with Gasteiger partial charge in [0.05, 0.1) is 21.5 Å². The fourth-order valence-corrected chi connectivity index (χ4v) is 1.91. The van der Waals surface area contributed by atoms with Crippen LogP contribution in [-0.4, -0.2) is 33.8 Å². The molecule has 0 aliphatic rings. The molecule has 1 aromatic heterocycles. The van der Waals surface area contributed by atoms with Gasteiger partial charge in [0, 0.05) is 31.5 Å². The molecule has 0 unspecified atom stereocenters. The number of hydrogen-bond acceptors (Lipinski definition) is 7. The smallest absolute Gasteiger partial charge is 0.299 e. The zero-order chi connectivity index (χ0) is 17.5. The number of anilines is 1. The van der Waals surface area contributed by atoms with Gasteiger partial charge in [-0.05, 0) is 18.2 Å². The molecule has 0 saturated carbocycles. The molecule has 0 aliphatic carbocycles. The van der Waals surface area contributed by atoms with Crippen molar-refractivity contribution in [2.75, 3.05) is 18.4 Å². The van der Waals surface area contributed by atoms with Gasteiger partial charge in [0.25, 0.3) is 17.3 Å². The minimum absolute atomic E-state index is 0.140. The topological polar surface area (TPSA) is 140 Å². The summed E-state index contributed by atoms with van der Waals surface area (Å²) in [6.45, 7) is 0.423. The number of nitro groups is 2. The van der Waals surface area contributed by atoms with Crippen molar-refractivity contribution in [3.8, 4) is 0 Å². The standard InChI is InChI=1S/C14H13N5O5/c20-14(10-2-1-5-15-9-10)17-7-6-16-12-4-3-11(18(21)22)8-13(12)19(23)24/h1-5,8-9,16H,6-7H2,(H,17,20). The molecule has 0 bridgehead atoms. The minimum Gasteiger partial charge on any atom is -0.378 e. The molecule has 10 heteroatoms. The summed E-state index contributed by atoms with van der Waals surface area (Å²) in [5.74, 6) is -0.317. The summed E-state index contributed by atoms with van der Waals surface area (Å²) >= 11 is 0. The first kappa shape index (κ1) is 16.8. The number of nitrogens with one attached hydrogen (secondary N) is 2. The number of hydrogen-bond donors (Lipinski definition) is 2. The molecule has 124 valence electrons. The first-order valence-corrected chi connectivity index (χ1v) is 6.84. The van der Waals surface area contributed by atoms with Crippen LogP contribution in [-0.2, 0) is 0 Å². The first-order chi connectivity index (χ1) is 11.5. The highest BCUT2D eigenvalue weighted by molar-refractivity contribution is 5.93. The van der Waals surface area contributed by atoms with Crippen LogP contribution >= 0.6 is 0 Å². The molecular weight excluding hydrogens is 318 g/mol. The lowest BCUT2D eigenvalue weighted by atomic mass is 10.2. The second-order valence-electron chi connectivity index (χ2n) is 4.64. The number of carbonyl (C=O) groups is 1. The van der Waals surface area contributed by atoms with Crippen LogP contribution in [0.5, 0.6) is 0 Å². The molecule has 2 aromatic rings. The van der Waals surface area contributed by atoms with Crippen molar-refractivity contribution in [1.82, 2.24) is 10.3 Å². The van der Waals surface area contributed by atoms with E-state index in [0.29, 0.717) is 5.56 Å². The Kier molecular flexibility index (Phi) is 5.34. The Bertz CT molecular complexity index is 765. The van der Waals surface area contributed by atoms with E-state index in [1.54, 1.807) is 18.3 Å². The quantitative estimate of drug-likeness (QED) is 0.447. The second kappa shape index (κ2) is 7.63. The van der Waals surface area contributed by atoms with E-state index >= 15 is 0 Å².